The SMILES string of the molecule is CCN(CC)C(=O)CN(C)c1ncccc1[C@@H](C)O. The Labute approximate surface area is 114 Å². The Hall–Kier alpha value is -1.62. The molecular formula is C14H23N3O2. The number of rotatable bonds is 6. The Morgan fingerprint density at radius 1 is 1.42 bits per heavy atom. The monoisotopic (exact) mass is 265 g/mol. The average Bonchev–Trinajstić information content (AvgIpc) is 2.40. The molecule has 0 radical (unpaired) electrons. The van der Waals surface area contributed by atoms with Gasteiger partial charge in [0.2, 0.25) is 5.91 Å². The van der Waals surface area contributed by atoms with E-state index >= 15 is 0 Å². The van der Waals surface area contributed by atoms with Crippen LogP contribution in [-0.4, -0.2) is 47.6 Å². The average molecular weight is 265 g/mol. The first kappa shape index (κ1) is 15.4. The molecule has 1 rings (SSSR count). The van der Waals surface area contributed by atoms with E-state index in [1.807, 2.05) is 27.0 Å². The van der Waals surface area contributed by atoms with Crippen LogP contribution in [0.5, 0.6) is 0 Å². The van der Waals surface area contributed by atoms with E-state index in [1.165, 1.54) is 0 Å². The van der Waals surface area contributed by atoms with Crippen LogP contribution < -0.4 is 4.90 Å². The van der Waals surface area contributed by atoms with E-state index in [2.05, 4.69) is 4.98 Å². The molecule has 0 saturated carbocycles. The molecular weight excluding hydrogens is 242 g/mol. The first-order chi connectivity index (χ1) is 9.01. The van der Waals surface area contributed by atoms with E-state index in [4.69, 9.17) is 0 Å². The Morgan fingerprint density at radius 3 is 2.58 bits per heavy atom. The van der Waals surface area contributed by atoms with Gasteiger partial charge in [0.15, 0.2) is 0 Å². The van der Waals surface area contributed by atoms with Crippen molar-refractivity contribution < 1.29 is 9.90 Å². The van der Waals surface area contributed by atoms with Gasteiger partial charge in [-0.25, -0.2) is 4.98 Å². The van der Waals surface area contributed by atoms with Gasteiger partial charge in [-0.2, -0.15) is 0 Å². The van der Waals surface area contributed by atoms with Crippen LogP contribution in [-0.2, 0) is 4.79 Å². The van der Waals surface area contributed by atoms with Gasteiger partial charge >= 0.3 is 0 Å². The molecule has 1 heterocycles. The summed E-state index contributed by atoms with van der Waals surface area (Å²) in [7, 11) is 1.82. The summed E-state index contributed by atoms with van der Waals surface area (Å²) in [6.07, 6.45) is 1.06. The first-order valence-corrected chi connectivity index (χ1v) is 6.63. The highest BCUT2D eigenvalue weighted by Gasteiger charge is 2.17. The molecule has 0 saturated heterocycles. The summed E-state index contributed by atoms with van der Waals surface area (Å²) in [5.74, 6) is 0.715. The second-order valence-electron chi connectivity index (χ2n) is 4.51. The minimum Gasteiger partial charge on any atom is -0.389 e. The number of carbonyl (C=O) groups excluding carboxylic acids is 1. The Balaban J connectivity index is 2.84. The van der Waals surface area contributed by atoms with Crippen molar-refractivity contribution in [3.05, 3.63) is 23.9 Å². The lowest BCUT2D eigenvalue weighted by atomic mass is 10.1. The van der Waals surface area contributed by atoms with Gasteiger partial charge in [-0.05, 0) is 26.8 Å². The smallest absolute Gasteiger partial charge is 0.242 e. The number of hydrogen-bond acceptors (Lipinski definition) is 4. The van der Waals surface area contributed by atoms with E-state index in [0.29, 0.717) is 18.9 Å². The highest BCUT2D eigenvalue weighted by Crippen LogP contribution is 2.22. The van der Waals surface area contributed by atoms with Crippen molar-refractivity contribution in [3.8, 4) is 0 Å². The van der Waals surface area contributed by atoms with Gasteiger partial charge in [-0.3, -0.25) is 4.79 Å². The van der Waals surface area contributed by atoms with Crippen molar-refractivity contribution >= 4 is 11.7 Å². The van der Waals surface area contributed by atoms with Crippen molar-refractivity contribution in [1.29, 1.82) is 0 Å². The Morgan fingerprint density at radius 2 is 2.05 bits per heavy atom. The molecule has 106 valence electrons. The zero-order valence-electron chi connectivity index (χ0n) is 12.1. The van der Waals surface area contributed by atoms with E-state index in [0.717, 1.165) is 5.56 Å². The third-order valence-electron chi connectivity index (χ3n) is 3.12. The zero-order chi connectivity index (χ0) is 14.4. The molecule has 0 unspecified atom stereocenters. The van der Waals surface area contributed by atoms with Gasteiger partial charge in [0.1, 0.15) is 5.82 Å². The van der Waals surface area contributed by atoms with E-state index < -0.39 is 6.10 Å². The van der Waals surface area contributed by atoms with Crippen molar-refractivity contribution in [1.82, 2.24) is 9.88 Å². The summed E-state index contributed by atoms with van der Waals surface area (Å²) >= 11 is 0. The fourth-order valence-corrected chi connectivity index (χ4v) is 2.01. The number of pyridine rings is 1. The summed E-state index contributed by atoms with van der Waals surface area (Å²) in [6.45, 7) is 7.29. The second kappa shape index (κ2) is 7.09. The molecule has 1 N–H and O–H groups in total. The molecule has 0 fully saturated rings. The predicted octanol–water partition coefficient (Wildman–Crippen LogP) is 1.44. The largest absolute Gasteiger partial charge is 0.389 e. The number of aliphatic hydroxyl groups is 1. The van der Waals surface area contributed by atoms with Crippen molar-refractivity contribution in [2.45, 2.75) is 26.9 Å². The molecule has 1 atom stereocenters. The number of aliphatic hydroxyl groups excluding tert-OH is 1. The van der Waals surface area contributed by atoms with Gasteiger partial charge in [-0.15, -0.1) is 0 Å². The van der Waals surface area contributed by atoms with Crippen LogP contribution >= 0.6 is 0 Å². The fourth-order valence-electron chi connectivity index (χ4n) is 2.01. The third-order valence-corrected chi connectivity index (χ3v) is 3.12. The van der Waals surface area contributed by atoms with Crippen LogP contribution in [0.4, 0.5) is 5.82 Å². The van der Waals surface area contributed by atoms with Crippen LogP contribution in [0.15, 0.2) is 18.3 Å². The number of carbonyl (C=O) groups is 1. The number of anilines is 1. The number of likely N-dealkylation sites (N-methyl/N-ethyl adjacent to an activating group) is 2. The topological polar surface area (TPSA) is 56.7 Å². The summed E-state index contributed by atoms with van der Waals surface area (Å²) in [4.78, 5) is 19.9. The van der Waals surface area contributed by atoms with Crippen LogP contribution in [0.2, 0.25) is 0 Å². The maximum absolute atomic E-state index is 12.1. The minimum absolute atomic E-state index is 0.0645. The molecule has 1 aromatic heterocycles. The zero-order valence-corrected chi connectivity index (χ0v) is 12.1. The summed E-state index contributed by atoms with van der Waals surface area (Å²) in [5.41, 5.74) is 0.734. The van der Waals surface area contributed by atoms with Crippen molar-refractivity contribution in [3.63, 3.8) is 0 Å². The molecule has 0 bridgehead atoms. The molecule has 5 heteroatoms. The van der Waals surface area contributed by atoms with E-state index in [-0.39, 0.29) is 12.5 Å². The molecule has 0 aromatic carbocycles. The van der Waals surface area contributed by atoms with Gasteiger partial charge < -0.3 is 14.9 Å². The standard InChI is InChI=1S/C14H23N3O2/c1-5-17(6-2)13(19)10-16(4)14-12(11(3)18)8-7-9-15-14/h7-9,11,18H,5-6,10H2,1-4H3/t11-/m1/s1. The molecule has 0 aliphatic heterocycles. The molecule has 19 heavy (non-hydrogen) atoms. The normalized spacial score (nSPS) is 12.1. The first-order valence-electron chi connectivity index (χ1n) is 6.63. The summed E-state index contributed by atoms with van der Waals surface area (Å²) < 4.78 is 0. The number of aromatic nitrogens is 1. The Kier molecular flexibility index (Phi) is 5.76. The minimum atomic E-state index is -0.602. The maximum Gasteiger partial charge on any atom is 0.242 e. The van der Waals surface area contributed by atoms with Gasteiger partial charge in [-0.1, -0.05) is 6.07 Å². The van der Waals surface area contributed by atoms with Crippen molar-refractivity contribution in [2.24, 2.45) is 0 Å². The van der Waals surface area contributed by atoms with Crippen LogP contribution in [0.1, 0.15) is 32.4 Å². The van der Waals surface area contributed by atoms with Gasteiger partial charge in [0.05, 0.1) is 12.6 Å². The number of hydrogen-bond donors (Lipinski definition) is 1. The molecule has 1 amide bonds. The molecule has 5 nitrogen and oxygen atoms in total. The second-order valence-corrected chi connectivity index (χ2v) is 4.51. The quantitative estimate of drug-likeness (QED) is 0.845. The lowest BCUT2D eigenvalue weighted by Gasteiger charge is -2.25. The van der Waals surface area contributed by atoms with Crippen molar-refractivity contribution in [2.75, 3.05) is 31.6 Å². The summed E-state index contributed by atoms with van der Waals surface area (Å²) in [6, 6.07) is 3.61. The van der Waals surface area contributed by atoms with Crippen LogP contribution in [0, 0.1) is 0 Å². The summed E-state index contributed by atoms with van der Waals surface area (Å²) in [5, 5.41) is 9.73. The molecule has 0 aliphatic rings. The third kappa shape index (κ3) is 3.92. The lowest BCUT2D eigenvalue weighted by Crippen LogP contribution is -2.39. The van der Waals surface area contributed by atoms with Crippen LogP contribution in [0.25, 0.3) is 0 Å². The fraction of sp³-hybridized carbons (Fsp3) is 0.571. The maximum atomic E-state index is 12.1. The highest BCUT2D eigenvalue weighted by molar-refractivity contribution is 5.81. The molecule has 1 aromatic rings. The van der Waals surface area contributed by atoms with E-state index in [9.17, 15) is 9.90 Å². The Bertz CT molecular complexity index is 417. The molecule has 0 aliphatic carbocycles. The van der Waals surface area contributed by atoms with Gasteiger partial charge in [0, 0.05) is 31.9 Å². The number of amides is 1. The lowest BCUT2D eigenvalue weighted by molar-refractivity contribution is -0.129. The van der Waals surface area contributed by atoms with Crippen LogP contribution in [0.3, 0.4) is 0 Å². The van der Waals surface area contributed by atoms with Gasteiger partial charge in [0.25, 0.3) is 0 Å². The molecule has 0 spiro atoms. The predicted molar refractivity (Wildman–Crippen MR) is 76.1 cm³/mol. The van der Waals surface area contributed by atoms with E-state index in [1.54, 1.807) is 29.0 Å². The number of nitrogens with zero attached hydrogens (tertiary/aromatic N) is 3. The highest BCUT2D eigenvalue weighted by atomic mass is 16.3.